The Morgan fingerprint density at radius 2 is 2.07 bits per heavy atom. The molecule has 3 rings (SSSR count). The van der Waals surface area contributed by atoms with Crippen molar-refractivity contribution in [1.29, 1.82) is 0 Å². The first-order valence-corrected chi connectivity index (χ1v) is 8.81. The third-order valence-electron chi connectivity index (χ3n) is 3.97. The fourth-order valence-electron chi connectivity index (χ4n) is 2.72. The van der Waals surface area contributed by atoms with Crippen LogP contribution in [0.1, 0.15) is 25.1 Å². The molecule has 0 atom stereocenters. The topological polar surface area (TPSA) is 76.8 Å². The molecule has 0 bridgehead atoms. The molecular weight excluding hydrogens is 347 g/mol. The van der Waals surface area contributed by atoms with Crippen molar-refractivity contribution in [2.45, 2.75) is 33.5 Å². The molecule has 0 saturated heterocycles. The summed E-state index contributed by atoms with van der Waals surface area (Å²) in [6.07, 6.45) is 6.70. The Kier molecular flexibility index (Phi) is 5.85. The number of carbonyl (C=O) groups is 1. The summed E-state index contributed by atoms with van der Waals surface area (Å²) in [5.41, 5.74) is 2.02. The van der Waals surface area contributed by atoms with Crippen LogP contribution >= 0.6 is 0 Å². The zero-order chi connectivity index (χ0) is 19.2. The molecule has 142 valence electrons. The molecule has 0 aliphatic rings. The molecule has 3 aromatic rings. The number of rotatable bonds is 7. The number of urea groups is 1. The van der Waals surface area contributed by atoms with Gasteiger partial charge in [0.05, 0.1) is 37.0 Å². The fraction of sp³-hybridized carbons (Fsp3) is 0.316. The van der Waals surface area contributed by atoms with Crippen LogP contribution in [0.5, 0.6) is 0 Å². The lowest BCUT2D eigenvalue weighted by Gasteiger charge is -2.11. The highest BCUT2D eigenvalue weighted by Gasteiger charge is 2.09. The second kappa shape index (κ2) is 8.48. The van der Waals surface area contributed by atoms with Crippen LogP contribution in [-0.4, -0.2) is 25.4 Å². The summed E-state index contributed by atoms with van der Waals surface area (Å²) in [5, 5.41) is 9.69. The Morgan fingerprint density at radius 3 is 2.85 bits per heavy atom. The van der Waals surface area contributed by atoms with Gasteiger partial charge in [0, 0.05) is 24.5 Å². The lowest BCUT2D eigenvalue weighted by atomic mass is 10.2. The standard InChI is InChI=1S/C19H23FN6O/c1-14(2)10-25-13-21-8-17(25)9-22-19(27)24-16-7-23-26(12-16)11-15-5-3-4-6-18(15)20/h3-8,12-14H,9-11H2,1-2H3,(H2,22,24,27). The van der Waals surface area contributed by atoms with Crippen LogP contribution in [0.3, 0.4) is 0 Å². The van der Waals surface area contributed by atoms with Gasteiger partial charge in [0.25, 0.3) is 0 Å². The summed E-state index contributed by atoms with van der Waals surface area (Å²) in [6.45, 7) is 5.78. The number of carbonyl (C=O) groups excluding carboxylic acids is 1. The highest BCUT2D eigenvalue weighted by atomic mass is 19.1. The number of nitrogens with zero attached hydrogens (tertiary/aromatic N) is 4. The Hall–Kier alpha value is -3.16. The minimum atomic E-state index is -0.335. The maximum Gasteiger partial charge on any atom is 0.319 e. The van der Waals surface area contributed by atoms with Crippen LogP contribution in [0.15, 0.2) is 49.2 Å². The molecule has 1 aromatic carbocycles. The average molecular weight is 370 g/mol. The number of imidazole rings is 1. The number of benzene rings is 1. The van der Waals surface area contributed by atoms with Gasteiger partial charge in [-0.15, -0.1) is 0 Å². The van der Waals surface area contributed by atoms with Crippen molar-refractivity contribution in [3.63, 3.8) is 0 Å². The molecule has 0 fully saturated rings. The van der Waals surface area contributed by atoms with Crippen molar-refractivity contribution >= 4 is 11.7 Å². The number of hydrogen-bond acceptors (Lipinski definition) is 3. The quantitative estimate of drug-likeness (QED) is 0.670. The maximum atomic E-state index is 13.7. The Balaban J connectivity index is 1.52. The van der Waals surface area contributed by atoms with E-state index < -0.39 is 0 Å². The van der Waals surface area contributed by atoms with E-state index in [4.69, 9.17) is 0 Å². The highest BCUT2D eigenvalue weighted by Crippen LogP contribution is 2.11. The minimum absolute atomic E-state index is 0.279. The minimum Gasteiger partial charge on any atom is -0.333 e. The smallest absolute Gasteiger partial charge is 0.319 e. The van der Waals surface area contributed by atoms with E-state index in [1.54, 1.807) is 41.6 Å². The number of amides is 2. The fourth-order valence-corrected chi connectivity index (χ4v) is 2.72. The Morgan fingerprint density at radius 1 is 1.26 bits per heavy atom. The summed E-state index contributed by atoms with van der Waals surface area (Å²) in [5.74, 6) is 0.213. The van der Waals surface area contributed by atoms with Crippen LogP contribution in [0.2, 0.25) is 0 Å². The Labute approximate surface area is 157 Å². The third kappa shape index (κ3) is 5.16. The maximum absolute atomic E-state index is 13.7. The van der Waals surface area contributed by atoms with E-state index in [1.165, 1.54) is 12.3 Å². The van der Waals surface area contributed by atoms with Crippen LogP contribution in [0.25, 0.3) is 0 Å². The monoisotopic (exact) mass is 370 g/mol. The Bertz CT molecular complexity index is 901. The van der Waals surface area contributed by atoms with Gasteiger partial charge in [0.2, 0.25) is 0 Å². The number of anilines is 1. The summed E-state index contributed by atoms with van der Waals surface area (Å²) in [6, 6.07) is 6.20. The van der Waals surface area contributed by atoms with Gasteiger partial charge >= 0.3 is 6.03 Å². The van der Waals surface area contributed by atoms with E-state index in [0.29, 0.717) is 30.3 Å². The molecule has 0 spiro atoms. The van der Waals surface area contributed by atoms with Gasteiger partial charge in [-0.3, -0.25) is 4.68 Å². The molecule has 2 heterocycles. The highest BCUT2D eigenvalue weighted by molar-refractivity contribution is 5.88. The second-order valence-corrected chi connectivity index (χ2v) is 6.76. The zero-order valence-electron chi connectivity index (χ0n) is 15.4. The lowest BCUT2D eigenvalue weighted by molar-refractivity contribution is 0.251. The van der Waals surface area contributed by atoms with E-state index >= 15 is 0 Å². The van der Waals surface area contributed by atoms with Gasteiger partial charge in [-0.05, 0) is 12.0 Å². The predicted molar refractivity (Wildman–Crippen MR) is 101 cm³/mol. The van der Waals surface area contributed by atoms with Crippen LogP contribution in [0, 0.1) is 11.7 Å². The third-order valence-corrected chi connectivity index (χ3v) is 3.97. The van der Waals surface area contributed by atoms with Crippen molar-refractivity contribution in [1.82, 2.24) is 24.6 Å². The van der Waals surface area contributed by atoms with Gasteiger partial charge in [-0.1, -0.05) is 32.0 Å². The van der Waals surface area contributed by atoms with Crippen molar-refractivity contribution in [3.8, 4) is 0 Å². The van der Waals surface area contributed by atoms with E-state index in [0.717, 1.165) is 12.2 Å². The SMILES string of the molecule is CC(C)Cn1cncc1CNC(=O)Nc1cnn(Cc2ccccc2F)c1. The van der Waals surface area contributed by atoms with Gasteiger partial charge in [-0.25, -0.2) is 14.2 Å². The molecule has 0 aliphatic carbocycles. The van der Waals surface area contributed by atoms with Crippen molar-refractivity contribution in [2.24, 2.45) is 5.92 Å². The first-order valence-electron chi connectivity index (χ1n) is 8.81. The first-order chi connectivity index (χ1) is 13.0. The van der Waals surface area contributed by atoms with Crippen LogP contribution in [-0.2, 0) is 19.6 Å². The van der Waals surface area contributed by atoms with Gasteiger partial charge in [0.1, 0.15) is 5.82 Å². The molecule has 2 aromatic heterocycles. The van der Waals surface area contributed by atoms with Crippen molar-refractivity contribution in [2.75, 3.05) is 5.32 Å². The molecule has 0 aliphatic heterocycles. The van der Waals surface area contributed by atoms with Crippen LogP contribution < -0.4 is 10.6 Å². The van der Waals surface area contributed by atoms with Crippen molar-refractivity contribution in [3.05, 3.63) is 66.3 Å². The first kappa shape index (κ1) is 18.6. The molecule has 0 saturated carbocycles. The zero-order valence-corrected chi connectivity index (χ0v) is 15.4. The number of halogens is 1. The van der Waals surface area contributed by atoms with E-state index in [-0.39, 0.29) is 11.8 Å². The average Bonchev–Trinajstić information content (AvgIpc) is 3.24. The molecule has 0 unspecified atom stereocenters. The molecule has 0 radical (unpaired) electrons. The summed E-state index contributed by atoms with van der Waals surface area (Å²) in [7, 11) is 0. The van der Waals surface area contributed by atoms with E-state index in [1.807, 2.05) is 4.57 Å². The largest absolute Gasteiger partial charge is 0.333 e. The summed E-state index contributed by atoms with van der Waals surface area (Å²) >= 11 is 0. The number of hydrogen-bond donors (Lipinski definition) is 2. The molecule has 27 heavy (non-hydrogen) atoms. The van der Waals surface area contributed by atoms with Gasteiger partial charge in [-0.2, -0.15) is 5.10 Å². The number of nitrogens with one attached hydrogen (secondary N) is 2. The summed E-state index contributed by atoms with van der Waals surface area (Å²) < 4.78 is 17.3. The van der Waals surface area contributed by atoms with Gasteiger partial charge in [0.15, 0.2) is 0 Å². The second-order valence-electron chi connectivity index (χ2n) is 6.76. The predicted octanol–water partition coefficient (Wildman–Crippen LogP) is 3.24. The van der Waals surface area contributed by atoms with E-state index in [9.17, 15) is 9.18 Å². The molecular formula is C19H23FN6O. The molecule has 2 amide bonds. The lowest BCUT2D eigenvalue weighted by Crippen LogP contribution is -2.29. The summed E-state index contributed by atoms with van der Waals surface area (Å²) in [4.78, 5) is 16.2. The van der Waals surface area contributed by atoms with Crippen molar-refractivity contribution < 1.29 is 9.18 Å². The molecule has 7 nitrogen and oxygen atoms in total. The molecule has 8 heteroatoms. The van der Waals surface area contributed by atoms with Crippen LogP contribution in [0.4, 0.5) is 14.9 Å². The molecule has 2 N–H and O–H groups in total. The normalized spacial score (nSPS) is 11.0. The number of aromatic nitrogens is 4. The van der Waals surface area contributed by atoms with Gasteiger partial charge < -0.3 is 15.2 Å². The van der Waals surface area contributed by atoms with E-state index in [2.05, 4.69) is 34.6 Å².